The summed E-state index contributed by atoms with van der Waals surface area (Å²) in [7, 11) is 0. The summed E-state index contributed by atoms with van der Waals surface area (Å²) in [4.78, 5) is 24.1. The van der Waals surface area contributed by atoms with Crippen molar-refractivity contribution in [2.45, 2.75) is 37.5 Å². The Morgan fingerprint density at radius 2 is 1.70 bits per heavy atom. The SMILES string of the molecule is O=C(NCC[C@H]1CC[C@@H](NC(=O)Nc2cc(F)ccc2F)[C@H](CO)O1)Nc1ccc(F)cc1. The summed E-state index contributed by atoms with van der Waals surface area (Å²) in [5.74, 6) is -1.87. The molecule has 1 aliphatic rings. The molecule has 1 aliphatic heterocycles. The smallest absolute Gasteiger partial charge is 0.319 e. The minimum absolute atomic E-state index is 0.255. The number of benzene rings is 2. The molecule has 0 spiro atoms. The molecule has 5 N–H and O–H groups in total. The molecule has 1 heterocycles. The molecule has 0 aromatic heterocycles. The largest absolute Gasteiger partial charge is 0.394 e. The van der Waals surface area contributed by atoms with Gasteiger partial charge in [-0.3, -0.25) is 0 Å². The van der Waals surface area contributed by atoms with E-state index in [1.165, 1.54) is 24.3 Å². The fourth-order valence-corrected chi connectivity index (χ4v) is 3.48. The molecule has 3 rings (SSSR count). The Kier molecular flexibility index (Phi) is 8.50. The number of nitrogens with one attached hydrogen (secondary N) is 4. The van der Waals surface area contributed by atoms with Crippen molar-refractivity contribution in [3.05, 3.63) is 59.9 Å². The molecule has 4 amide bonds. The second-order valence-corrected chi connectivity index (χ2v) is 7.56. The Morgan fingerprint density at radius 1 is 0.970 bits per heavy atom. The number of urea groups is 2. The zero-order chi connectivity index (χ0) is 23.8. The van der Waals surface area contributed by atoms with Crippen LogP contribution in [0.15, 0.2) is 42.5 Å². The van der Waals surface area contributed by atoms with E-state index >= 15 is 0 Å². The van der Waals surface area contributed by atoms with Crippen molar-refractivity contribution in [3.8, 4) is 0 Å². The van der Waals surface area contributed by atoms with Gasteiger partial charge in [-0.2, -0.15) is 0 Å². The quantitative estimate of drug-likeness (QED) is 0.431. The van der Waals surface area contributed by atoms with Gasteiger partial charge in [-0.1, -0.05) is 0 Å². The first-order valence-electron chi connectivity index (χ1n) is 10.4. The van der Waals surface area contributed by atoms with Crippen LogP contribution in [0.25, 0.3) is 0 Å². The summed E-state index contributed by atoms with van der Waals surface area (Å²) in [5.41, 5.74) is 0.154. The van der Waals surface area contributed by atoms with Crippen LogP contribution in [-0.4, -0.2) is 48.6 Å². The van der Waals surface area contributed by atoms with E-state index in [2.05, 4.69) is 21.3 Å². The number of halogens is 3. The maximum absolute atomic E-state index is 13.7. The first-order valence-corrected chi connectivity index (χ1v) is 10.4. The van der Waals surface area contributed by atoms with E-state index in [1.807, 2.05) is 0 Å². The first kappa shape index (κ1) is 24.3. The second-order valence-electron chi connectivity index (χ2n) is 7.56. The number of rotatable bonds is 7. The van der Waals surface area contributed by atoms with E-state index in [0.717, 1.165) is 18.2 Å². The molecule has 2 aromatic carbocycles. The van der Waals surface area contributed by atoms with Gasteiger partial charge in [0.15, 0.2) is 0 Å². The van der Waals surface area contributed by atoms with Gasteiger partial charge in [0.05, 0.1) is 24.4 Å². The van der Waals surface area contributed by atoms with E-state index in [4.69, 9.17) is 4.74 Å². The number of carbonyl (C=O) groups is 2. The average molecular weight is 466 g/mol. The molecular weight excluding hydrogens is 441 g/mol. The monoisotopic (exact) mass is 466 g/mol. The van der Waals surface area contributed by atoms with Crippen LogP contribution in [0.2, 0.25) is 0 Å². The van der Waals surface area contributed by atoms with Crippen LogP contribution in [0.3, 0.4) is 0 Å². The van der Waals surface area contributed by atoms with Crippen LogP contribution >= 0.6 is 0 Å². The molecule has 33 heavy (non-hydrogen) atoms. The standard InChI is InChI=1S/C22H25F3N4O4/c23-13-1-4-15(5-2-13)27-21(31)26-10-9-16-6-8-18(20(12-30)33-16)28-22(32)29-19-11-14(24)3-7-17(19)25/h1-5,7,11,16,18,20,30H,6,8-10,12H2,(H2,26,27,31)(H2,28,29,32)/t16-,18-,20+/m1/s1. The van der Waals surface area contributed by atoms with Crippen molar-refractivity contribution in [2.75, 3.05) is 23.8 Å². The lowest BCUT2D eigenvalue weighted by Gasteiger charge is -2.36. The lowest BCUT2D eigenvalue weighted by Crippen LogP contribution is -2.52. The third kappa shape index (κ3) is 7.36. The number of ether oxygens (including phenoxy) is 1. The van der Waals surface area contributed by atoms with Gasteiger partial charge in [-0.25, -0.2) is 22.8 Å². The van der Waals surface area contributed by atoms with Gasteiger partial charge in [0, 0.05) is 18.3 Å². The Hall–Kier alpha value is -3.31. The molecule has 0 radical (unpaired) electrons. The maximum atomic E-state index is 13.7. The second kappa shape index (κ2) is 11.5. The van der Waals surface area contributed by atoms with Crippen molar-refractivity contribution in [3.63, 3.8) is 0 Å². The summed E-state index contributed by atoms with van der Waals surface area (Å²) >= 11 is 0. The Bertz CT molecular complexity index is 961. The third-order valence-electron chi connectivity index (χ3n) is 5.14. The number of carbonyl (C=O) groups excluding carboxylic acids is 2. The highest BCUT2D eigenvalue weighted by molar-refractivity contribution is 5.90. The minimum Gasteiger partial charge on any atom is -0.394 e. The van der Waals surface area contributed by atoms with Gasteiger partial charge in [0.2, 0.25) is 0 Å². The lowest BCUT2D eigenvalue weighted by molar-refractivity contribution is -0.0885. The molecule has 178 valence electrons. The van der Waals surface area contributed by atoms with Crippen LogP contribution in [0.5, 0.6) is 0 Å². The van der Waals surface area contributed by atoms with E-state index < -0.39 is 41.7 Å². The van der Waals surface area contributed by atoms with Crippen molar-refractivity contribution in [2.24, 2.45) is 0 Å². The molecule has 2 aromatic rings. The van der Waals surface area contributed by atoms with Gasteiger partial charge in [0.1, 0.15) is 23.6 Å². The zero-order valence-electron chi connectivity index (χ0n) is 17.6. The fraction of sp³-hybridized carbons (Fsp3) is 0.364. The number of hydrogen-bond donors (Lipinski definition) is 5. The van der Waals surface area contributed by atoms with E-state index in [1.54, 1.807) is 0 Å². The number of amides is 4. The predicted octanol–water partition coefficient (Wildman–Crippen LogP) is 3.35. The summed E-state index contributed by atoms with van der Waals surface area (Å²) < 4.78 is 45.7. The summed E-state index contributed by atoms with van der Waals surface area (Å²) in [6.45, 7) is -0.0540. The molecule has 3 atom stereocenters. The minimum atomic E-state index is -0.777. The van der Waals surface area contributed by atoms with Crippen molar-refractivity contribution in [1.29, 1.82) is 0 Å². The number of hydrogen-bond acceptors (Lipinski definition) is 4. The molecule has 0 bridgehead atoms. The van der Waals surface area contributed by atoms with Crippen LogP contribution in [0.1, 0.15) is 19.3 Å². The van der Waals surface area contributed by atoms with Crippen molar-refractivity contribution >= 4 is 23.4 Å². The van der Waals surface area contributed by atoms with Gasteiger partial charge < -0.3 is 31.1 Å². The van der Waals surface area contributed by atoms with Gasteiger partial charge >= 0.3 is 12.1 Å². The van der Waals surface area contributed by atoms with Crippen molar-refractivity contribution in [1.82, 2.24) is 10.6 Å². The molecule has 11 heteroatoms. The number of anilines is 2. The summed E-state index contributed by atoms with van der Waals surface area (Å²) in [6, 6.07) is 6.35. The van der Waals surface area contributed by atoms with Gasteiger partial charge in [-0.15, -0.1) is 0 Å². The normalized spacial score (nSPS) is 20.1. The van der Waals surface area contributed by atoms with E-state index in [0.29, 0.717) is 31.5 Å². The van der Waals surface area contributed by atoms with Gasteiger partial charge in [-0.05, 0) is 55.7 Å². The van der Waals surface area contributed by atoms with E-state index in [9.17, 15) is 27.9 Å². The predicted molar refractivity (Wildman–Crippen MR) is 115 cm³/mol. The third-order valence-corrected chi connectivity index (χ3v) is 5.14. The zero-order valence-corrected chi connectivity index (χ0v) is 17.6. The highest BCUT2D eigenvalue weighted by Gasteiger charge is 2.32. The molecule has 0 saturated carbocycles. The van der Waals surface area contributed by atoms with Crippen molar-refractivity contribution < 1.29 is 32.6 Å². The summed E-state index contributed by atoms with van der Waals surface area (Å²) in [5, 5.41) is 19.8. The van der Waals surface area contributed by atoms with Crippen LogP contribution < -0.4 is 21.3 Å². The van der Waals surface area contributed by atoms with Gasteiger partial charge in [0.25, 0.3) is 0 Å². The molecule has 1 fully saturated rings. The topological polar surface area (TPSA) is 112 Å². The maximum Gasteiger partial charge on any atom is 0.319 e. The molecule has 8 nitrogen and oxygen atoms in total. The Labute approximate surface area is 188 Å². The molecule has 0 unspecified atom stereocenters. The fourth-order valence-electron chi connectivity index (χ4n) is 3.48. The molecule has 0 aliphatic carbocycles. The number of aliphatic hydroxyl groups excluding tert-OH is 1. The lowest BCUT2D eigenvalue weighted by atomic mass is 9.97. The Balaban J connectivity index is 1.41. The number of aliphatic hydroxyl groups is 1. The Morgan fingerprint density at radius 3 is 2.42 bits per heavy atom. The molecular formula is C22H25F3N4O4. The highest BCUT2D eigenvalue weighted by Crippen LogP contribution is 2.22. The highest BCUT2D eigenvalue weighted by atomic mass is 19.1. The van der Waals surface area contributed by atoms with Crippen LogP contribution in [-0.2, 0) is 4.74 Å². The van der Waals surface area contributed by atoms with Crippen LogP contribution in [0, 0.1) is 17.5 Å². The average Bonchev–Trinajstić information content (AvgIpc) is 2.78. The van der Waals surface area contributed by atoms with Crippen LogP contribution in [0.4, 0.5) is 34.1 Å². The molecule has 1 saturated heterocycles. The summed E-state index contributed by atoms with van der Waals surface area (Å²) in [6.07, 6.45) is 0.559. The van der Waals surface area contributed by atoms with E-state index in [-0.39, 0.29) is 18.4 Å². The first-order chi connectivity index (χ1) is 15.8.